The van der Waals surface area contributed by atoms with Crippen LogP contribution in [0.2, 0.25) is 0 Å². The molecule has 1 unspecified atom stereocenters. The van der Waals surface area contributed by atoms with Gasteiger partial charge in [-0.3, -0.25) is 23.9 Å². The fourth-order valence-corrected chi connectivity index (χ4v) is 3.63. The highest BCUT2D eigenvalue weighted by molar-refractivity contribution is 6.02. The van der Waals surface area contributed by atoms with Crippen LogP contribution < -0.4 is 20.9 Å². The van der Waals surface area contributed by atoms with Crippen molar-refractivity contribution >= 4 is 22.8 Å². The van der Waals surface area contributed by atoms with Gasteiger partial charge in [0.25, 0.3) is 17.4 Å². The van der Waals surface area contributed by atoms with Crippen molar-refractivity contribution in [3.63, 3.8) is 0 Å². The fraction of sp³-hybridized carbons (Fsp3) is 0.238. The summed E-state index contributed by atoms with van der Waals surface area (Å²) < 4.78 is 20.4. The normalized spacial score (nSPS) is 14.7. The van der Waals surface area contributed by atoms with Gasteiger partial charge in [-0.05, 0) is 17.7 Å². The molecule has 3 N–H and O–H groups in total. The van der Waals surface area contributed by atoms with Crippen LogP contribution in [0.3, 0.4) is 0 Å². The zero-order chi connectivity index (χ0) is 22.3. The van der Waals surface area contributed by atoms with Crippen molar-refractivity contribution < 1.29 is 23.8 Å². The Labute approximate surface area is 175 Å². The Morgan fingerprint density at radius 3 is 2.61 bits per heavy atom. The van der Waals surface area contributed by atoms with Crippen LogP contribution in [0.25, 0.3) is 11.0 Å². The maximum atomic E-state index is 13.3. The van der Waals surface area contributed by atoms with Crippen LogP contribution in [0.1, 0.15) is 21.5 Å². The molecule has 1 aliphatic rings. The first kappa shape index (κ1) is 20.3. The Kier molecular flexibility index (Phi) is 5.05. The Bertz CT molecular complexity index is 1270. The minimum Gasteiger partial charge on any atom is -0.505 e. The lowest BCUT2D eigenvalue weighted by atomic mass is 10.0. The number of hydrogen-bond acceptors (Lipinski definition) is 6. The Morgan fingerprint density at radius 1 is 1.26 bits per heavy atom. The van der Waals surface area contributed by atoms with Crippen molar-refractivity contribution in [3.8, 4) is 11.5 Å². The van der Waals surface area contributed by atoms with E-state index in [0.29, 0.717) is 5.56 Å². The molecule has 160 valence electrons. The van der Waals surface area contributed by atoms with Crippen molar-refractivity contribution in [1.82, 2.24) is 20.2 Å². The summed E-state index contributed by atoms with van der Waals surface area (Å²) >= 11 is 0. The smallest absolute Gasteiger partial charge is 0.268 e. The molecule has 31 heavy (non-hydrogen) atoms. The summed E-state index contributed by atoms with van der Waals surface area (Å²) in [5.41, 5.74) is 0.264. The zero-order valence-corrected chi connectivity index (χ0v) is 16.7. The molecule has 0 aliphatic carbocycles. The highest BCUT2D eigenvalue weighted by Gasteiger charge is 2.33. The molecule has 2 amide bonds. The van der Waals surface area contributed by atoms with E-state index >= 15 is 0 Å². The molecule has 9 nitrogen and oxygen atoms in total. The lowest BCUT2D eigenvalue weighted by Gasteiger charge is -2.28. The number of amides is 2. The van der Waals surface area contributed by atoms with Crippen molar-refractivity contribution in [2.45, 2.75) is 19.1 Å². The van der Waals surface area contributed by atoms with Crippen LogP contribution >= 0.6 is 0 Å². The monoisotopic (exact) mass is 426 g/mol. The molecule has 0 saturated carbocycles. The lowest BCUT2D eigenvalue weighted by molar-refractivity contribution is -0.128. The number of carbonyl (C=O) groups excluding carboxylic acids is 2. The molecular weight excluding hydrogens is 407 g/mol. The minimum absolute atomic E-state index is 0.00594. The van der Waals surface area contributed by atoms with Gasteiger partial charge in [0.2, 0.25) is 0 Å². The van der Waals surface area contributed by atoms with Crippen LogP contribution in [0.5, 0.6) is 11.5 Å². The number of aromatic hydroxyl groups is 1. The number of ether oxygens (including phenoxy) is 1. The first-order valence-electron chi connectivity index (χ1n) is 9.47. The van der Waals surface area contributed by atoms with Gasteiger partial charge >= 0.3 is 0 Å². The van der Waals surface area contributed by atoms with E-state index in [4.69, 9.17) is 4.74 Å². The molecule has 3 heterocycles. The van der Waals surface area contributed by atoms with Crippen molar-refractivity contribution in [3.05, 3.63) is 63.3 Å². The van der Waals surface area contributed by atoms with Crippen LogP contribution in [0, 0.1) is 5.82 Å². The Balaban J connectivity index is 1.97. The quantitative estimate of drug-likeness (QED) is 0.565. The summed E-state index contributed by atoms with van der Waals surface area (Å²) in [4.78, 5) is 41.9. The summed E-state index contributed by atoms with van der Waals surface area (Å²) in [5, 5.41) is 15.4. The van der Waals surface area contributed by atoms with E-state index in [1.165, 1.54) is 37.0 Å². The minimum atomic E-state index is -1.03. The molecule has 0 saturated heterocycles. The number of carbonyl (C=O) groups is 2. The van der Waals surface area contributed by atoms with E-state index in [-0.39, 0.29) is 35.6 Å². The van der Waals surface area contributed by atoms with E-state index in [9.17, 15) is 23.9 Å². The molecule has 1 atom stereocenters. The highest BCUT2D eigenvalue weighted by atomic mass is 19.1. The number of nitrogens with zero attached hydrogens (tertiary/aromatic N) is 2. The van der Waals surface area contributed by atoms with E-state index < -0.39 is 34.8 Å². The Hall–Kier alpha value is -3.95. The van der Waals surface area contributed by atoms with Crippen molar-refractivity contribution in [2.24, 2.45) is 0 Å². The predicted molar refractivity (Wildman–Crippen MR) is 109 cm³/mol. The second-order valence-corrected chi connectivity index (χ2v) is 7.05. The third-order valence-corrected chi connectivity index (χ3v) is 5.18. The van der Waals surface area contributed by atoms with Crippen LogP contribution in [-0.4, -0.2) is 46.7 Å². The van der Waals surface area contributed by atoms with E-state index in [1.807, 2.05) is 0 Å². The molecule has 3 aromatic rings. The molecule has 0 bridgehead atoms. The molecule has 2 aromatic heterocycles. The van der Waals surface area contributed by atoms with Gasteiger partial charge in [0.15, 0.2) is 17.6 Å². The number of likely N-dealkylation sites (N-methyl/N-ethyl adjacent to an activating group) is 1. The summed E-state index contributed by atoms with van der Waals surface area (Å²) in [5.74, 6) is -1.96. The fourth-order valence-electron chi connectivity index (χ4n) is 3.63. The number of halogens is 1. The lowest BCUT2D eigenvalue weighted by Crippen LogP contribution is -2.45. The molecular formula is C21H19FN4O5. The third kappa shape index (κ3) is 3.35. The standard InChI is InChI=1S/C21H19FN4O5/c1-23-19(28)13-9-26-16-15(17(27)14(21(26)30)20(29)24-2)25-8-11(18(16)31-13)7-10-3-5-12(22)6-4-10/h3-6,8,13,27H,7,9H2,1-2H3,(H,23,28)(H,24,29). The first-order chi connectivity index (χ1) is 14.8. The van der Waals surface area contributed by atoms with Gasteiger partial charge < -0.3 is 20.5 Å². The number of pyridine rings is 2. The Morgan fingerprint density at radius 2 is 1.97 bits per heavy atom. The number of nitrogens with one attached hydrogen (secondary N) is 2. The van der Waals surface area contributed by atoms with Crippen LogP contribution in [0.4, 0.5) is 4.39 Å². The van der Waals surface area contributed by atoms with Gasteiger partial charge in [-0.15, -0.1) is 0 Å². The van der Waals surface area contributed by atoms with Gasteiger partial charge in [-0.2, -0.15) is 0 Å². The van der Waals surface area contributed by atoms with Gasteiger partial charge in [0, 0.05) is 32.3 Å². The third-order valence-electron chi connectivity index (χ3n) is 5.18. The zero-order valence-electron chi connectivity index (χ0n) is 16.7. The van der Waals surface area contributed by atoms with E-state index in [1.54, 1.807) is 12.1 Å². The van der Waals surface area contributed by atoms with Crippen LogP contribution in [-0.2, 0) is 17.8 Å². The molecule has 0 radical (unpaired) electrons. The van der Waals surface area contributed by atoms with Gasteiger partial charge in [-0.25, -0.2) is 4.39 Å². The maximum absolute atomic E-state index is 13.3. The topological polar surface area (TPSA) is 123 Å². The largest absolute Gasteiger partial charge is 0.505 e. The average molecular weight is 426 g/mol. The number of hydrogen-bond donors (Lipinski definition) is 3. The summed E-state index contributed by atoms with van der Waals surface area (Å²) in [6.45, 7) is -0.159. The second kappa shape index (κ2) is 7.71. The summed E-state index contributed by atoms with van der Waals surface area (Å²) in [6, 6.07) is 5.84. The average Bonchev–Trinajstić information content (AvgIpc) is 2.78. The number of aromatic nitrogens is 2. The number of benzene rings is 1. The van der Waals surface area contributed by atoms with Crippen LogP contribution in [0.15, 0.2) is 35.3 Å². The first-order valence-corrected chi connectivity index (χ1v) is 9.47. The highest BCUT2D eigenvalue weighted by Crippen LogP contribution is 2.37. The van der Waals surface area contributed by atoms with Crippen molar-refractivity contribution in [2.75, 3.05) is 14.1 Å². The SMILES string of the molecule is CNC(=O)c1c(O)c2ncc(Cc3ccc(F)cc3)c3c2n(c1=O)CC(C(=O)NC)O3. The predicted octanol–water partition coefficient (Wildman–Crippen LogP) is 0.699. The maximum Gasteiger partial charge on any atom is 0.268 e. The summed E-state index contributed by atoms with van der Waals surface area (Å²) in [6.07, 6.45) is 0.690. The number of rotatable bonds is 4. The molecule has 4 rings (SSSR count). The molecule has 1 aliphatic heterocycles. The van der Waals surface area contributed by atoms with Gasteiger partial charge in [0.05, 0.1) is 6.54 Å². The molecule has 0 fully saturated rings. The molecule has 0 spiro atoms. The van der Waals surface area contributed by atoms with E-state index in [0.717, 1.165) is 5.56 Å². The van der Waals surface area contributed by atoms with Gasteiger partial charge in [0.1, 0.15) is 22.4 Å². The van der Waals surface area contributed by atoms with Crippen molar-refractivity contribution in [1.29, 1.82) is 0 Å². The summed E-state index contributed by atoms with van der Waals surface area (Å²) in [7, 11) is 2.78. The van der Waals surface area contributed by atoms with E-state index in [2.05, 4.69) is 15.6 Å². The molecule has 10 heteroatoms. The second-order valence-electron chi connectivity index (χ2n) is 7.05. The van der Waals surface area contributed by atoms with Gasteiger partial charge in [-0.1, -0.05) is 12.1 Å². The molecule has 1 aromatic carbocycles.